The molecule has 0 fully saturated rings. The van der Waals surface area contributed by atoms with E-state index in [1.807, 2.05) is 20.8 Å². The summed E-state index contributed by atoms with van der Waals surface area (Å²) >= 11 is 0. The van der Waals surface area contributed by atoms with E-state index in [0.717, 1.165) is 6.54 Å². The number of hydrogen-bond donors (Lipinski definition) is 3. The van der Waals surface area contributed by atoms with Crippen molar-refractivity contribution in [2.45, 2.75) is 26.9 Å². The number of anilines is 1. The molecule has 1 amide bonds. The molecular formula is C16H27ClN2O4. The Morgan fingerprint density at radius 2 is 1.96 bits per heavy atom. The van der Waals surface area contributed by atoms with Gasteiger partial charge in [-0.3, -0.25) is 5.32 Å². The maximum Gasteiger partial charge on any atom is 0.411 e. The second-order valence-corrected chi connectivity index (χ2v) is 5.39. The first-order valence-corrected chi connectivity index (χ1v) is 7.57. The van der Waals surface area contributed by atoms with E-state index in [-0.39, 0.29) is 24.9 Å². The largest absolute Gasteiger partial charge is 0.489 e. The molecule has 1 atom stereocenters. The molecule has 0 radical (unpaired) electrons. The summed E-state index contributed by atoms with van der Waals surface area (Å²) in [5.74, 6) is 0.776. The van der Waals surface area contributed by atoms with E-state index in [1.165, 1.54) is 0 Å². The average molecular weight is 347 g/mol. The van der Waals surface area contributed by atoms with Crippen LogP contribution in [-0.2, 0) is 4.74 Å². The number of benzene rings is 1. The topological polar surface area (TPSA) is 79.8 Å². The summed E-state index contributed by atoms with van der Waals surface area (Å²) in [4.78, 5) is 11.7. The number of aliphatic hydroxyl groups excluding tert-OH is 1. The summed E-state index contributed by atoms with van der Waals surface area (Å²) in [6, 6.07) is 7.05. The van der Waals surface area contributed by atoms with Crippen molar-refractivity contribution in [3.63, 3.8) is 0 Å². The standard InChI is InChI=1S/C16H26N2O4.ClH/c1-4-17-9-13(19)11-21-15-8-6-5-7-14(15)18-16(20)22-10-12(2)3;/h5-8,12-13,17,19H,4,9-11H2,1-3H3,(H,18,20);1H. The van der Waals surface area contributed by atoms with Crippen LogP contribution in [0.5, 0.6) is 5.75 Å². The first kappa shape index (κ1) is 21.5. The number of carbonyl (C=O) groups is 1. The number of carbonyl (C=O) groups excluding carboxylic acids is 1. The number of para-hydroxylation sites is 2. The molecular weight excluding hydrogens is 320 g/mol. The van der Waals surface area contributed by atoms with Gasteiger partial charge in [0.15, 0.2) is 0 Å². The van der Waals surface area contributed by atoms with Gasteiger partial charge in [-0.25, -0.2) is 4.79 Å². The Morgan fingerprint density at radius 1 is 1.26 bits per heavy atom. The van der Waals surface area contributed by atoms with Crippen molar-refractivity contribution >= 4 is 24.2 Å². The van der Waals surface area contributed by atoms with Crippen LogP contribution in [0.1, 0.15) is 20.8 Å². The highest BCUT2D eigenvalue weighted by molar-refractivity contribution is 5.86. The van der Waals surface area contributed by atoms with Gasteiger partial charge in [-0.05, 0) is 24.6 Å². The van der Waals surface area contributed by atoms with Gasteiger partial charge in [0.1, 0.15) is 18.5 Å². The summed E-state index contributed by atoms with van der Waals surface area (Å²) in [6.07, 6.45) is -1.13. The zero-order valence-corrected chi connectivity index (χ0v) is 14.7. The van der Waals surface area contributed by atoms with Crippen LogP contribution in [0.4, 0.5) is 10.5 Å². The lowest BCUT2D eigenvalue weighted by Crippen LogP contribution is -2.31. The predicted octanol–water partition coefficient (Wildman–Crippen LogP) is 2.66. The monoisotopic (exact) mass is 346 g/mol. The third-order valence-electron chi connectivity index (χ3n) is 2.73. The SMILES string of the molecule is CCNCC(O)COc1ccccc1NC(=O)OCC(C)C.Cl. The van der Waals surface area contributed by atoms with Gasteiger partial charge in [0.2, 0.25) is 0 Å². The Labute approximate surface area is 144 Å². The highest BCUT2D eigenvalue weighted by Crippen LogP contribution is 2.24. The van der Waals surface area contributed by atoms with Gasteiger partial charge in [0.05, 0.1) is 12.3 Å². The highest BCUT2D eigenvalue weighted by atomic mass is 35.5. The molecule has 1 unspecified atom stereocenters. The van der Waals surface area contributed by atoms with E-state index >= 15 is 0 Å². The van der Waals surface area contributed by atoms with Crippen LogP contribution in [-0.4, -0.2) is 43.6 Å². The maximum atomic E-state index is 11.7. The van der Waals surface area contributed by atoms with Crippen LogP contribution >= 0.6 is 12.4 Å². The summed E-state index contributed by atoms with van der Waals surface area (Å²) in [5.41, 5.74) is 0.520. The molecule has 0 saturated heterocycles. The quantitative estimate of drug-likeness (QED) is 0.640. The number of rotatable bonds is 9. The first-order chi connectivity index (χ1) is 10.5. The molecule has 0 aromatic heterocycles. The fraction of sp³-hybridized carbons (Fsp3) is 0.562. The molecule has 0 spiro atoms. The van der Waals surface area contributed by atoms with Gasteiger partial charge in [-0.1, -0.05) is 32.9 Å². The third-order valence-corrected chi connectivity index (χ3v) is 2.73. The summed E-state index contributed by atoms with van der Waals surface area (Å²) < 4.78 is 10.6. The van der Waals surface area contributed by atoms with Crippen molar-refractivity contribution in [2.24, 2.45) is 5.92 Å². The summed E-state index contributed by atoms with van der Waals surface area (Å²) in [6.45, 7) is 7.66. The molecule has 3 N–H and O–H groups in total. The van der Waals surface area contributed by atoms with Crippen LogP contribution < -0.4 is 15.4 Å². The molecule has 132 valence electrons. The van der Waals surface area contributed by atoms with Crippen LogP contribution in [0, 0.1) is 5.92 Å². The normalized spacial score (nSPS) is 11.5. The molecule has 0 aliphatic heterocycles. The smallest absolute Gasteiger partial charge is 0.411 e. The van der Waals surface area contributed by atoms with Crippen molar-refractivity contribution in [3.05, 3.63) is 24.3 Å². The third kappa shape index (κ3) is 9.28. The molecule has 1 aromatic carbocycles. The first-order valence-electron chi connectivity index (χ1n) is 7.57. The number of aliphatic hydroxyl groups is 1. The van der Waals surface area contributed by atoms with Gasteiger partial charge in [-0.2, -0.15) is 0 Å². The highest BCUT2D eigenvalue weighted by Gasteiger charge is 2.11. The molecule has 0 bridgehead atoms. The number of ether oxygens (including phenoxy) is 2. The lowest BCUT2D eigenvalue weighted by atomic mass is 10.2. The molecule has 0 heterocycles. The van der Waals surface area contributed by atoms with Gasteiger partial charge in [-0.15, -0.1) is 12.4 Å². The van der Waals surface area contributed by atoms with Gasteiger partial charge < -0.3 is 19.9 Å². The van der Waals surface area contributed by atoms with Crippen molar-refractivity contribution in [2.75, 3.05) is 31.6 Å². The van der Waals surface area contributed by atoms with Crippen LogP contribution in [0.15, 0.2) is 24.3 Å². The Bertz CT molecular complexity index is 457. The van der Waals surface area contributed by atoms with E-state index in [1.54, 1.807) is 24.3 Å². The molecule has 7 heteroatoms. The Kier molecular flexibility index (Phi) is 11.2. The lowest BCUT2D eigenvalue weighted by Gasteiger charge is -2.16. The molecule has 0 aliphatic rings. The van der Waals surface area contributed by atoms with Gasteiger partial charge in [0, 0.05) is 6.54 Å². The average Bonchev–Trinajstić information content (AvgIpc) is 2.50. The molecule has 1 rings (SSSR count). The molecule has 6 nitrogen and oxygen atoms in total. The van der Waals surface area contributed by atoms with E-state index in [0.29, 0.717) is 24.6 Å². The zero-order valence-electron chi connectivity index (χ0n) is 13.9. The van der Waals surface area contributed by atoms with Crippen molar-refractivity contribution in [3.8, 4) is 5.75 Å². The van der Waals surface area contributed by atoms with E-state index < -0.39 is 12.2 Å². The Morgan fingerprint density at radius 3 is 2.61 bits per heavy atom. The molecule has 1 aromatic rings. The summed E-state index contributed by atoms with van der Waals surface area (Å²) in [5, 5.41) is 15.4. The predicted molar refractivity (Wildman–Crippen MR) is 93.5 cm³/mol. The van der Waals surface area contributed by atoms with Crippen LogP contribution in [0.25, 0.3) is 0 Å². The maximum absolute atomic E-state index is 11.7. The fourth-order valence-corrected chi connectivity index (χ4v) is 1.64. The van der Waals surface area contributed by atoms with E-state index in [9.17, 15) is 9.90 Å². The number of halogens is 1. The van der Waals surface area contributed by atoms with Crippen molar-refractivity contribution in [1.82, 2.24) is 5.32 Å². The number of nitrogens with one attached hydrogen (secondary N) is 2. The van der Waals surface area contributed by atoms with E-state index in [2.05, 4.69) is 10.6 Å². The van der Waals surface area contributed by atoms with Crippen molar-refractivity contribution in [1.29, 1.82) is 0 Å². The zero-order chi connectivity index (χ0) is 16.4. The minimum atomic E-state index is -0.610. The van der Waals surface area contributed by atoms with Gasteiger partial charge in [0.25, 0.3) is 0 Å². The van der Waals surface area contributed by atoms with Gasteiger partial charge >= 0.3 is 6.09 Å². The number of hydrogen-bond acceptors (Lipinski definition) is 5. The Hall–Kier alpha value is -1.50. The minimum absolute atomic E-state index is 0. The molecule has 23 heavy (non-hydrogen) atoms. The number of amides is 1. The van der Waals surface area contributed by atoms with Crippen LogP contribution in [0.3, 0.4) is 0 Å². The van der Waals surface area contributed by atoms with E-state index in [4.69, 9.17) is 9.47 Å². The number of likely N-dealkylation sites (N-methyl/N-ethyl adjacent to an activating group) is 1. The van der Waals surface area contributed by atoms with Crippen LogP contribution in [0.2, 0.25) is 0 Å². The van der Waals surface area contributed by atoms with Crippen molar-refractivity contribution < 1.29 is 19.4 Å². The molecule has 0 saturated carbocycles. The summed E-state index contributed by atoms with van der Waals surface area (Å²) in [7, 11) is 0. The second kappa shape index (κ2) is 12.0. The minimum Gasteiger partial charge on any atom is -0.489 e. The Balaban J connectivity index is 0.00000484. The lowest BCUT2D eigenvalue weighted by molar-refractivity contribution is 0.107. The fourth-order valence-electron chi connectivity index (χ4n) is 1.64. The molecule has 0 aliphatic carbocycles. The second-order valence-electron chi connectivity index (χ2n) is 5.39.